The summed E-state index contributed by atoms with van der Waals surface area (Å²) >= 11 is 0. The summed E-state index contributed by atoms with van der Waals surface area (Å²) in [6.45, 7) is 8.85. The van der Waals surface area contributed by atoms with Crippen molar-refractivity contribution in [2.45, 2.75) is 30.4 Å². The number of carbonyl (C=O) groups is 1. The van der Waals surface area contributed by atoms with Crippen LogP contribution in [0.1, 0.15) is 30.6 Å². The molecule has 40 heavy (non-hydrogen) atoms. The minimum atomic E-state index is -1.15. The van der Waals surface area contributed by atoms with Gasteiger partial charge in [-0.15, -0.1) is 0 Å². The highest BCUT2D eigenvalue weighted by Gasteiger charge is 2.16. The summed E-state index contributed by atoms with van der Waals surface area (Å²) in [6, 6.07) is 14.9. The second-order valence-electron chi connectivity index (χ2n) is 9.88. The van der Waals surface area contributed by atoms with Crippen LogP contribution in [0.2, 0.25) is 0 Å². The zero-order valence-corrected chi connectivity index (χ0v) is 23.6. The molecular formula is C29H35N7O3S. The summed E-state index contributed by atoms with van der Waals surface area (Å²) in [5.41, 5.74) is 2.79. The van der Waals surface area contributed by atoms with Gasteiger partial charge in [-0.2, -0.15) is 0 Å². The van der Waals surface area contributed by atoms with E-state index in [-0.39, 0.29) is 11.2 Å². The number of hydrogen-bond acceptors (Lipinski definition) is 8. The lowest BCUT2D eigenvalue weighted by Gasteiger charge is -2.26. The molecule has 4 N–H and O–H groups in total. The van der Waals surface area contributed by atoms with Crippen molar-refractivity contribution in [1.29, 1.82) is 0 Å². The third-order valence-corrected chi connectivity index (χ3v) is 8.29. The number of rotatable bonds is 11. The van der Waals surface area contributed by atoms with Gasteiger partial charge in [0.2, 0.25) is 0 Å². The number of ether oxygens (including phenoxy) is 1. The van der Waals surface area contributed by atoms with E-state index in [9.17, 15) is 9.00 Å². The molecule has 0 bridgehead atoms. The Hall–Kier alpha value is -3.80. The first kappa shape index (κ1) is 27.8. The lowest BCUT2D eigenvalue weighted by Crippen LogP contribution is -2.38. The molecule has 1 saturated heterocycles. The van der Waals surface area contributed by atoms with Crippen LogP contribution in [0.25, 0.3) is 11.0 Å². The average Bonchev–Trinajstić information content (AvgIpc) is 3.45. The van der Waals surface area contributed by atoms with E-state index in [1.54, 1.807) is 18.3 Å². The maximum absolute atomic E-state index is 12.9. The quantitative estimate of drug-likeness (QED) is 0.199. The van der Waals surface area contributed by atoms with Gasteiger partial charge in [-0.3, -0.25) is 13.9 Å². The number of fused-ring (bicyclic) bond motifs is 1. The number of benzene rings is 1. The van der Waals surface area contributed by atoms with Crippen LogP contribution in [-0.2, 0) is 15.5 Å². The molecular weight excluding hydrogens is 526 g/mol. The third kappa shape index (κ3) is 6.85. The first-order valence-electron chi connectivity index (χ1n) is 13.5. The number of nitrogens with one attached hydrogen (secondary N) is 4. The fourth-order valence-electron chi connectivity index (χ4n) is 4.55. The molecule has 5 rings (SSSR count). The topological polar surface area (TPSA) is 124 Å². The second kappa shape index (κ2) is 13.0. The fourth-order valence-corrected chi connectivity index (χ4v) is 5.61. The number of amides is 1. The Morgan fingerprint density at radius 3 is 2.73 bits per heavy atom. The molecule has 4 aromatic rings. The summed E-state index contributed by atoms with van der Waals surface area (Å²) < 4.78 is 18.3. The largest absolute Gasteiger partial charge is 0.379 e. The molecule has 10 nitrogen and oxygen atoms in total. The van der Waals surface area contributed by atoms with Gasteiger partial charge in [-0.05, 0) is 43.3 Å². The number of aromatic nitrogens is 3. The second-order valence-corrected chi connectivity index (χ2v) is 11.9. The van der Waals surface area contributed by atoms with Crippen LogP contribution in [0.3, 0.4) is 0 Å². The number of pyridine rings is 2. The van der Waals surface area contributed by atoms with Crippen LogP contribution in [0.15, 0.2) is 65.8 Å². The molecule has 1 unspecified atom stereocenters. The van der Waals surface area contributed by atoms with E-state index in [0.29, 0.717) is 29.4 Å². The molecule has 1 atom stereocenters. The van der Waals surface area contributed by atoms with Crippen molar-refractivity contribution in [1.82, 2.24) is 25.2 Å². The molecule has 3 aromatic heterocycles. The molecule has 11 heteroatoms. The Balaban J connectivity index is 1.28. The fraction of sp³-hybridized carbons (Fsp3) is 0.345. The van der Waals surface area contributed by atoms with Gasteiger partial charge in [-0.25, -0.2) is 9.97 Å². The number of morpholine rings is 1. The number of hydrogen-bond donors (Lipinski definition) is 4. The Morgan fingerprint density at radius 2 is 1.90 bits per heavy atom. The van der Waals surface area contributed by atoms with Crippen LogP contribution in [0, 0.1) is 0 Å². The first-order valence-corrected chi connectivity index (χ1v) is 14.8. The Labute approximate surface area is 236 Å². The van der Waals surface area contributed by atoms with E-state index < -0.39 is 10.8 Å². The van der Waals surface area contributed by atoms with Crippen LogP contribution < -0.4 is 16.0 Å². The van der Waals surface area contributed by atoms with Gasteiger partial charge >= 0.3 is 0 Å². The maximum atomic E-state index is 12.9. The van der Waals surface area contributed by atoms with Crippen LogP contribution >= 0.6 is 0 Å². The van der Waals surface area contributed by atoms with E-state index in [0.717, 1.165) is 60.9 Å². The molecule has 1 aromatic carbocycles. The van der Waals surface area contributed by atoms with E-state index in [1.807, 2.05) is 56.4 Å². The van der Waals surface area contributed by atoms with Gasteiger partial charge in [0, 0.05) is 54.3 Å². The van der Waals surface area contributed by atoms with Gasteiger partial charge in [0.05, 0.1) is 40.3 Å². The molecule has 210 valence electrons. The third-order valence-electron chi connectivity index (χ3n) is 6.65. The minimum Gasteiger partial charge on any atom is -0.379 e. The average molecular weight is 562 g/mol. The molecule has 1 aliphatic heterocycles. The molecule has 1 aliphatic rings. The Kier molecular flexibility index (Phi) is 9.04. The molecule has 0 radical (unpaired) electrons. The normalized spacial score (nSPS) is 14.8. The summed E-state index contributed by atoms with van der Waals surface area (Å²) in [4.78, 5) is 28.1. The van der Waals surface area contributed by atoms with Crippen LogP contribution in [-0.4, -0.2) is 74.6 Å². The van der Waals surface area contributed by atoms with Crippen molar-refractivity contribution in [3.63, 3.8) is 0 Å². The molecule has 4 heterocycles. The lowest BCUT2D eigenvalue weighted by atomic mass is 10.2. The van der Waals surface area contributed by atoms with Gasteiger partial charge in [0.15, 0.2) is 0 Å². The number of para-hydroxylation sites is 1. The van der Waals surface area contributed by atoms with Gasteiger partial charge in [-0.1, -0.05) is 26.0 Å². The minimum absolute atomic E-state index is 0.00906. The molecule has 0 saturated carbocycles. The van der Waals surface area contributed by atoms with Crippen molar-refractivity contribution in [3.05, 3.63) is 66.5 Å². The van der Waals surface area contributed by atoms with Crippen molar-refractivity contribution >= 4 is 50.8 Å². The number of nitrogens with zero attached hydrogens (tertiary/aromatic N) is 3. The van der Waals surface area contributed by atoms with Gasteiger partial charge < -0.3 is 25.7 Å². The molecule has 1 fully saturated rings. The van der Waals surface area contributed by atoms with E-state index in [4.69, 9.17) is 4.74 Å². The standard InChI is InChI=1S/C29H35N7O3S/c1-20(2)40(38)25-7-4-3-6-23(25)33-24-19-27(35-28-22(24)9-12-31-28)34-26-18-21(8-11-30-26)29(37)32-10-5-13-36-14-16-39-17-15-36/h3-4,6-9,11-12,18-20H,5,10,13-17H2,1-2H3,(H,32,37)(H3,30,31,33,34,35). The van der Waals surface area contributed by atoms with Crippen molar-refractivity contribution in [2.75, 3.05) is 50.0 Å². The SMILES string of the molecule is CC(C)S(=O)c1ccccc1Nc1cc(Nc2cc(C(=O)NCCCN3CCOCC3)ccn2)nc2[nH]ccc12. The lowest BCUT2D eigenvalue weighted by molar-refractivity contribution is 0.0374. The number of anilines is 4. The van der Waals surface area contributed by atoms with Crippen molar-refractivity contribution in [2.24, 2.45) is 0 Å². The van der Waals surface area contributed by atoms with Crippen LogP contribution in [0.5, 0.6) is 0 Å². The zero-order chi connectivity index (χ0) is 27.9. The monoisotopic (exact) mass is 561 g/mol. The Morgan fingerprint density at radius 1 is 1.07 bits per heavy atom. The predicted molar refractivity (Wildman–Crippen MR) is 159 cm³/mol. The maximum Gasteiger partial charge on any atom is 0.251 e. The van der Waals surface area contributed by atoms with Gasteiger partial charge in [0.25, 0.3) is 5.91 Å². The van der Waals surface area contributed by atoms with E-state index in [1.165, 1.54) is 0 Å². The predicted octanol–water partition coefficient (Wildman–Crippen LogP) is 4.41. The number of H-pyrrole nitrogens is 1. The molecule has 0 spiro atoms. The summed E-state index contributed by atoms with van der Waals surface area (Å²) in [5.74, 6) is 0.916. The van der Waals surface area contributed by atoms with E-state index in [2.05, 4.69) is 35.8 Å². The molecule has 1 amide bonds. The highest BCUT2D eigenvalue weighted by molar-refractivity contribution is 7.85. The number of carbonyl (C=O) groups excluding carboxylic acids is 1. The van der Waals surface area contributed by atoms with Crippen molar-refractivity contribution < 1.29 is 13.7 Å². The zero-order valence-electron chi connectivity index (χ0n) is 22.8. The molecule has 0 aliphatic carbocycles. The summed E-state index contributed by atoms with van der Waals surface area (Å²) in [5, 5.41) is 10.6. The highest BCUT2D eigenvalue weighted by atomic mass is 32.2. The van der Waals surface area contributed by atoms with Crippen molar-refractivity contribution in [3.8, 4) is 0 Å². The summed E-state index contributed by atoms with van der Waals surface area (Å²) in [6.07, 6.45) is 4.31. The van der Waals surface area contributed by atoms with E-state index >= 15 is 0 Å². The smallest absolute Gasteiger partial charge is 0.251 e. The first-order chi connectivity index (χ1) is 19.5. The summed E-state index contributed by atoms with van der Waals surface area (Å²) in [7, 11) is -1.15. The Bertz CT molecular complexity index is 1480. The number of aromatic amines is 1. The highest BCUT2D eigenvalue weighted by Crippen LogP contribution is 2.31. The van der Waals surface area contributed by atoms with Crippen LogP contribution in [0.4, 0.5) is 23.0 Å². The van der Waals surface area contributed by atoms with Gasteiger partial charge in [0.1, 0.15) is 17.3 Å².